The first-order valence-corrected chi connectivity index (χ1v) is 16.6. The quantitative estimate of drug-likeness (QED) is 0.123. The number of rotatable bonds is 9. The van der Waals surface area contributed by atoms with Crippen molar-refractivity contribution in [3.63, 3.8) is 0 Å². The van der Waals surface area contributed by atoms with Gasteiger partial charge in [-0.15, -0.1) is 10.2 Å². The summed E-state index contributed by atoms with van der Waals surface area (Å²) in [6.45, 7) is 3.90. The lowest BCUT2D eigenvalue weighted by Gasteiger charge is -2.40. The second kappa shape index (κ2) is 13.7. The van der Waals surface area contributed by atoms with Crippen molar-refractivity contribution < 1.29 is 14.0 Å². The van der Waals surface area contributed by atoms with Crippen LogP contribution in [0.4, 0.5) is 4.39 Å². The third-order valence-corrected chi connectivity index (χ3v) is 9.50. The Hall–Kier alpha value is -3.73. The molecule has 232 valence electrons. The van der Waals surface area contributed by atoms with Gasteiger partial charge in [0.15, 0.2) is 5.65 Å². The van der Waals surface area contributed by atoms with Gasteiger partial charge in [0.05, 0.1) is 16.1 Å². The van der Waals surface area contributed by atoms with Crippen LogP contribution in [0.1, 0.15) is 42.1 Å². The molecular weight excluding hydrogens is 634 g/mol. The van der Waals surface area contributed by atoms with E-state index in [2.05, 4.69) is 14.8 Å². The third kappa shape index (κ3) is 6.93. The highest BCUT2D eigenvalue weighted by molar-refractivity contribution is 7.99. The Morgan fingerprint density at radius 3 is 2.58 bits per heavy atom. The monoisotopic (exact) mass is 664 g/mol. The number of carbonyl (C=O) groups is 2. The van der Waals surface area contributed by atoms with E-state index < -0.39 is 0 Å². The van der Waals surface area contributed by atoms with Gasteiger partial charge in [-0.05, 0) is 61.7 Å². The van der Waals surface area contributed by atoms with Crippen LogP contribution in [0.3, 0.4) is 0 Å². The van der Waals surface area contributed by atoms with Gasteiger partial charge in [0, 0.05) is 54.8 Å². The van der Waals surface area contributed by atoms with E-state index in [4.69, 9.17) is 28.2 Å². The van der Waals surface area contributed by atoms with Gasteiger partial charge in [-0.1, -0.05) is 65.3 Å². The summed E-state index contributed by atoms with van der Waals surface area (Å²) in [5, 5.41) is 11.2. The summed E-state index contributed by atoms with van der Waals surface area (Å²) < 4.78 is 15.6. The van der Waals surface area contributed by atoms with Crippen LogP contribution < -0.4 is 0 Å². The van der Waals surface area contributed by atoms with Crippen LogP contribution >= 0.6 is 35.0 Å². The van der Waals surface area contributed by atoms with Crippen LogP contribution in [0.5, 0.6) is 0 Å². The van der Waals surface area contributed by atoms with Gasteiger partial charge in [0.25, 0.3) is 5.91 Å². The molecule has 0 saturated carbocycles. The van der Waals surface area contributed by atoms with E-state index in [1.54, 1.807) is 35.2 Å². The van der Waals surface area contributed by atoms with E-state index >= 15 is 0 Å². The van der Waals surface area contributed by atoms with Gasteiger partial charge in [0.2, 0.25) is 11.1 Å². The van der Waals surface area contributed by atoms with Gasteiger partial charge in [-0.3, -0.25) is 9.59 Å². The van der Waals surface area contributed by atoms with E-state index in [9.17, 15) is 14.0 Å². The number of amides is 2. The highest BCUT2D eigenvalue weighted by atomic mass is 35.5. The molecule has 0 N–H and O–H groups in total. The first kappa shape index (κ1) is 31.3. The molecule has 2 aromatic heterocycles. The Morgan fingerprint density at radius 1 is 1.00 bits per heavy atom. The standard InChI is InChI=1S/C33H31Cl2FN6O2S/c1-21-19-40(15-16-41(21)32(44)25-14-11-23(34)18-27(25)35)29(43)8-4-5-17-45-33-37-31-30(38-39-33)26-6-2-3-7-28(26)42(31)20-22-9-12-24(36)13-10-22/h2-3,6-7,9-14,18,21H,4-5,8,15-17,19-20H2,1H3. The van der Waals surface area contributed by atoms with Crippen molar-refractivity contribution in [1.82, 2.24) is 29.5 Å². The van der Waals surface area contributed by atoms with Crippen LogP contribution in [-0.4, -0.2) is 72.8 Å². The van der Waals surface area contributed by atoms with Gasteiger partial charge < -0.3 is 14.4 Å². The van der Waals surface area contributed by atoms with Crippen molar-refractivity contribution in [2.75, 3.05) is 25.4 Å². The SMILES string of the molecule is CC1CN(C(=O)CCCCSc2nnc3c4ccccc4n(Cc4ccc(F)cc4)c3n2)CCN1C(=O)c1ccc(Cl)cc1Cl. The summed E-state index contributed by atoms with van der Waals surface area (Å²) >= 11 is 13.8. The van der Waals surface area contributed by atoms with E-state index in [0.717, 1.165) is 46.2 Å². The van der Waals surface area contributed by atoms with Crippen LogP contribution in [0.25, 0.3) is 22.1 Å². The molecule has 1 saturated heterocycles. The zero-order valence-electron chi connectivity index (χ0n) is 24.6. The number of hydrogen-bond donors (Lipinski definition) is 0. The fourth-order valence-corrected chi connectivity index (χ4v) is 6.96. The molecule has 1 unspecified atom stereocenters. The van der Waals surface area contributed by atoms with Gasteiger partial charge in [-0.25, -0.2) is 9.37 Å². The molecule has 8 nitrogen and oxygen atoms in total. The molecule has 3 heterocycles. The van der Waals surface area contributed by atoms with Crippen molar-refractivity contribution in [1.29, 1.82) is 0 Å². The van der Waals surface area contributed by atoms with Crippen molar-refractivity contribution in [2.45, 2.75) is 43.9 Å². The number of nitrogens with zero attached hydrogens (tertiary/aromatic N) is 6. The summed E-state index contributed by atoms with van der Waals surface area (Å²) in [7, 11) is 0. The van der Waals surface area contributed by atoms with Crippen LogP contribution in [0.2, 0.25) is 10.0 Å². The minimum absolute atomic E-state index is 0.0909. The van der Waals surface area contributed by atoms with Gasteiger partial charge in [0.1, 0.15) is 11.3 Å². The molecule has 45 heavy (non-hydrogen) atoms. The average Bonchev–Trinajstić information content (AvgIpc) is 3.34. The number of halogens is 3. The molecule has 5 aromatic rings. The molecule has 12 heteroatoms. The largest absolute Gasteiger partial charge is 0.339 e. The van der Waals surface area contributed by atoms with Crippen molar-refractivity contribution in [3.8, 4) is 0 Å². The topological polar surface area (TPSA) is 84.2 Å². The fourth-order valence-electron chi connectivity index (χ4n) is 5.69. The number of aromatic nitrogens is 4. The average molecular weight is 666 g/mol. The first-order valence-electron chi connectivity index (χ1n) is 14.8. The highest BCUT2D eigenvalue weighted by Crippen LogP contribution is 2.29. The Bertz CT molecular complexity index is 1870. The Labute approximate surface area is 274 Å². The van der Waals surface area contributed by atoms with Crippen LogP contribution in [-0.2, 0) is 11.3 Å². The summed E-state index contributed by atoms with van der Waals surface area (Å²) in [5.74, 6) is 0.418. The number of fused-ring (bicyclic) bond motifs is 3. The van der Waals surface area contributed by atoms with E-state index in [1.807, 2.05) is 36.1 Å². The minimum atomic E-state index is -0.269. The molecule has 1 aliphatic rings. The Kier molecular flexibility index (Phi) is 9.53. The Balaban J connectivity index is 1.02. The molecule has 6 rings (SSSR count). The zero-order valence-corrected chi connectivity index (χ0v) is 27.0. The lowest BCUT2D eigenvalue weighted by atomic mass is 10.1. The number of thioether (sulfide) groups is 1. The fraction of sp³-hybridized carbons (Fsp3) is 0.303. The lowest BCUT2D eigenvalue weighted by Crippen LogP contribution is -2.55. The van der Waals surface area contributed by atoms with Crippen LogP contribution in [0.15, 0.2) is 71.9 Å². The molecule has 1 fully saturated rings. The predicted octanol–water partition coefficient (Wildman–Crippen LogP) is 7.11. The molecule has 3 aromatic carbocycles. The third-order valence-electron chi connectivity index (χ3n) is 8.03. The predicted molar refractivity (Wildman–Crippen MR) is 176 cm³/mol. The first-order chi connectivity index (χ1) is 21.8. The maximum atomic E-state index is 13.5. The number of hydrogen-bond acceptors (Lipinski definition) is 6. The summed E-state index contributed by atoms with van der Waals surface area (Å²) in [6.07, 6.45) is 1.99. The van der Waals surface area contributed by atoms with Crippen molar-refractivity contribution >= 4 is 68.8 Å². The van der Waals surface area contributed by atoms with Gasteiger partial charge >= 0.3 is 0 Å². The second-order valence-corrected chi connectivity index (χ2v) is 13.0. The molecule has 1 atom stereocenters. The van der Waals surface area contributed by atoms with Crippen molar-refractivity contribution in [2.24, 2.45) is 0 Å². The molecule has 0 spiro atoms. The second-order valence-electron chi connectivity index (χ2n) is 11.1. The molecule has 0 radical (unpaired) electrons. The van der Waals surface area contributed by atoms with Crippen molar-refractivity contribution in [3.05, 3.63) is 93.7 Å². The molecule has 0 aliphatic carbocycles. The zero-order chi connectivity index (χ0) is 31.5. The smallest absolute Gasteiger partial charge is 0.255 e. The number of unbranched alkanes of at least 4 members (excludes halogenated alkanes) is 1. The van der Waals surface area contributed by atoms with Crippen LogP contribution in [0, 0.1) is 5.82 Å². The number of benzene rings is 3. The summed E-state index contributed by atoms with van der Waals surface area (Å²) in [5.41, 5.74) is 3.84. The Morgan fingerprint density at radius 2 is 1.80 bits per heavy atom. The number of carbonyl (C=O) groups excluding carboxylic acids is 2. The minimum Gasteiger partial charge on any atom is -0.339 e. The van der Waals surface area contributed by atoms with E-state index in [-0.39, 0.29) is 23.7 Å². The normalized spacial score (nSPS) is 15.2. The van der Waals surface area contributed by atoms with Gasteiger partial charge in [-0.2, -0.15) is 0 Å². The highest BCUT2D eigenvalue weighted by Gasteiger charge is 2.31. The maximum Gasteiger partial charge on any atom is 0.255 e. The molecule has 2 amide bonds. The van der Waals surface area contributed by atoms with E-state index in [0.29, 0.717) is 53.4 Å². The molecule has 1 aliphatic heterocycles. The maximum absolute atomic E-state index is 13.5. The molecular formula is C33H31Cl2FN6O2S. The molecule has 0 bridgehead atoms. The summed E-state index contributed by atoms with van der Waals surface area (Å²) in [6, 6.07) is 19.2. The lowest BCUT2D eigenvalue weighted by molar-refractivity contribution is -0.133. The van der Waals surface area contributed by atoms with E-state index in [1.165, 1.54) is 23.9 Å². The summed E-state index contributed by atoms with van der Waals surface area (Å²) in [4.78, 5) is 34.5. The number of para-hydroxylation sites is 1. The number of piperazine rings is 1.